The van der Waals surface area contributed by atoms with Crippen molar-refractivity contribution in [3.8, 4) is 0 Å². The smallest absolute Gasteiger partial charge is 0.341 e. The standard InChI is InChI=1S/C9H16N2O2/c1-8(2,3)10-6-9(4,5)7(12)13-11-6/h1-5H3,(H,10,11). The van der Waals surface area contributed by atoms with Gasteiger partial charge in [0.25, 0.3) is 0 Å². The monoisotopic (exact) mass is 184 g/mol. The minimum atomic E-state index is -0.646. The maximum absolute atomic E-state index is 11.2. The predicted octanol–water partition coefficient (Wildman–Crippen LogP) is 1.27. The van der Waals surface area contributed by atoms with Crippen LogP contribution in [0.15, 0.2) is 4.99 Å². The van der Waals surface area contributed by atoms with Crippen LogP contribution >= 0.6 is 0 Å². The van der Waals surface area contributed by atoms with Crippen molar-refractivity contribution in [2.24, 2.45) is 10.4 Å². The van der Waals surface area contributed by atoms with Crippen LogP contribution in [-0.2, 0) is 9.63 Å². The molecule has 0 bridgehead atoms. The van der Waals surface area contributed by atoms with Crippen LogP contribution in [0.3, 0.4) is 0 Å². The van der Waals surface area contributed by atoms with Gasteiger partial charge in [-0.15, -0.1) is 0 Å². The number of rotatable bonds is 0. The Morgan fingerprint density at radius 1 is 1.38 bits per heavy atom. The molecule has 74 valence electrons. The highest BCUT2D eigenvalue weighted by atomic mass is 16.7. The van der Waals surface area contributed by atoms with E-state index in [4.69, 9.17) is 4.84 Å². The molecule has 0 aromatic carbocycles. The van der Waals surface area contributed by atoms with Crippen molar-refractivity contribution >= 4 is 11.8 Å². The minimum absolute atomic E-state index is 0.201. The van der Waals surface area contributed by atoms with Gasteiger partial charge in [-0.25, -0.2) is 10.3 Å². The van der Waals surface area contributed by atoms with Crippen LogP contribution in [0.5, 0.6) is 0 Å². The second-order valence-electron chi connectivity index (χ2n) is 4.75. The molecule has 1 fully saturated rings. The molecule has 1 saturated heterocycles. The van der Waals surface area contributed by atoms with Crippen LogP contribution in [0.2, 0.25) is 0 Å². The Bertz CT molecular complexity index is 261. The summed E-state index contributed by atoms with van der Waals surface area (Å²) in [7, 11) is 0. The summed E-state index contributed by atoms with van der Waals surface area (Å²) in [4.78, 5) is 20.3. The van der Waals surface area contributed by atoms with Crippen LogP contribution in [-0.4, -0.2) is 17.3 Å². The maximum atomic E-state index is 11.2. The average molecular weight is 184 g/mol. The van der Waals surface area contributed by atoms with Crippen molar-refractivity contribution in [3.63, 3.8) is 0 Å². The highest BCUT2D eigenvalue weighted by Crippen LogP contribution is 2.25. The summed E-state index contributed by atoms with van der Waals surface area (Å²) in [5.41, 5.74) is 1.71. The Morgan fingerprint density at radius 2 is 1.92 bits per heavy atom. The zero-order valence-corrected chi connectivity index (χ0v) is 8.76. The molecule has 1 rings (SSSR count). The summed E-state index contributed by atoms with van der Waals surface area (Å²) < 4.78 is 0. The average Bonchev–Trinajstić information content (AvgIpc) is 2.13. The number of aliphatic imine (C=N–C) groups is 1. The fourth-order valence-corrected chi connectivity index (χ4v) is 0.945. The van der Waals surface area contributed by atoms with Gasteiger partial charge in [-0.05, 0) is 34.6 Å². The number of nitrogens with one attached hydrogen (secondary N) is 1. The molecular formula is C9H16N2O2. The van der Waals surface area contributed by atoms with Gasteiger partial charge in [0.15, 0.2) is 0 Å². The molecule has 0 unspecified atom stereocenters. The number of carbonyl (C=O) groups excluding carboxylic acids is 1. The lowest BCUT2D eigenvalue weighted by atomic mass is 9.92. The number of hydrogen-bond donors (Lipinski definition) is 1. The van der Waals surface area contributed by atoms with Crippen LogP contribution in [0.4, 0.5) is 0 Å². The van der Waals surface area contributed by atoms with Crippen LogP contribution < -0.4 is 5.48 Å². The zero-order chi connectivity index (χ0) is 10.3. The van der Waals surface area contributed by atoms with Gasteiger partial charge in [0, 0.05) is 0 Å². The Labute approximate surface area is 78.3 Å². The van der Waals surface area contributed by atoms with E-state index in [-0.39, 0.29) is 11.5 Å². The molecule has 0 saturated carbocycles. The molecule has 4 heteroatoms. The summed E-state index contributed by atoms with van der Waals surface area (Å²) in [6, 6.07) is 0. The summed E-state index contributed by atoms with van der Waals surface area (Å²) in [5, 5.41) is 0. The summed E-state index contributed by atoms with van der Waals surface area (Å²) in [6.45, 7) is 9.50. The number of amidine groups is 1. The first-order valence-electron chi connectivity index (χ1n) is 4.31. The lowest BCUT2D eigenvalue weighted by Crippen LogP contribution is -2.32. The molecular weight excluding hydrogens is 168 g/mol. The van der Waals surface area contributed by atoms with Crippen molar-refractivity contribution < 1.29 is 9.63 Å². The molecule has 1 heterocycles. The first kappa shape index (κ1) is 10.0. The van der Waals surface area contributed by atoms with E-state index < -0.39 is 5.41 Å². The molecule has 13 heavy (non-hydrogen) atoms. The number of nitrogens with zero attached hydrogens (tertiary/aromatic N) is 1. The zero-order valence-electron chi connectivity index (χ0n) is 8.76. The van der Waals surface area contributed by atoms with E-state index >= 15 is 0 Å². The minimum Gasteiger partial charge on any atom is -0.341 e. The molecule has 0 spiro atoms. The van der Waals surface area contributed by atoms with Crippen LogP contribution in [0.1, 0.15) is 34.6 Å². The molecule has 0 aromatic heterocycles. The fraction of sp³-hybridized carbons (Fsp3) is 0.778. The number of carbonyl (C=O) groups is 1. The quantitative estimate of drug-likeness (QED) is 0.616. The molecule has 4 nitrogen and oxygen atoms in total. The first-order valence-corrected chi connectivity index (χ1v) is 4.31. The lowest BCUT2D eigenvalue weighted by molar-refractivity contribution is -0.148. The third-order valence-corrected chi connectivity index (χ3v) is 1.79. The van der Waals surface area contributed by atoms with Crippen molar-refractivity contribution in [1.29, 1.82) is 0 Å². The van der Waals surface area contributed by atoms with Gasteiger partial charge in [-0.1, -0.05) is 0 Å². The second-order valence-corrected chi connectivity index (χ2v) is 4.75. The Kier molecular flexibility index (Phi) is 2.10. The maximum Gasteiger partial charge on any atom is 0.345 e. The van der Waals surface area contributed by atoms with E-state index in [1.807, 2.05) is 20.8 Å². The van der Waals surface area contributed by atoms with Gasteiger partial charge < -0.3 is 4.84 Å². The largest absolute Gasteiger partial charge is 0.345 e. The normalized spacial score (nSPS) is 24.4. The van der Waals surface area contributed by atoms with Crippen LogP contribution in [0, 0.1) is 5.41 Å². The van der Waals surface area contributed by atoms with Crippen molar-refractivity contribution in [3.05, 3.63) is 0 Å². The van der Waals surface area contributed by atoms with E-state index in [1.165, 1.54) is 0 Å². The molecule has 1 N–H and O–H groups in total. The van der Waals surface area contributed by atoms with Crippen molar-refractivity contribution in [1.82, 2.24) is 5.48 Å². The second kappa shape index (κ2) is 2.72. The topological polar surface area (TPSA) is 50.7 Å². The van der Waals surface area contributed by atoms with Gasteiger partial charge in [-0.3, -0.25) is 4.99 Å². The fourth-order valence-electron chi connectivity index (χ4n) is 0.945. The van der Waals surface area contributed by atoms with Crippen molar-refractivity contribution in [2.45, 2.75) is 40.2 Å². The molecule has 0 amide bonds. The first-order chi connectivity index (χ1) is 5.73. The van der Waals surface area contributed by atoms with E-state index in [9.17, 15) is 4.79 Å². The highest BCUT2D eigenvalue weighted by Gasteiger charge is 2.43. The highest BCUT2D eigenvalue weighted by molar-refractivity contribution is 6.08. The molecule has 0 aliphatic carbocycles. The molecule has 1 aliphatic rings. The van der Waals surface area contributed by atoms with Gasteiger partial charge >= 0.3 is 5.97 Å². The molecule has 0 aromatic rings. The van der Waals surface area contributed by atoms with Gasteiger partial charge in [0.1, 0.15) is 11.3 Å². The predicted molar refractivity (Wildman–Crippen MR) is 50.2 cm³/mol. The summed E-state index contributed by atoms with van der Waals surface area (Å²) in [5.74, 6) is 0.320. The Hall–Kier alpha value is -1.06. The van der Waals surface area contributed by atoms with E-state index in [0.29, 0.717) is 5.84 Å². The van der Waals surface area contributed by atoms with Gasteiger partial charge in [0.2, 0.25) is 0 Å². The molecule has 1 aliphatic heterocycles. The Balaban J connectivity index is 2.97. The third kappa shape index (κ3) is 1.99. The van der Waals surface area contributed by atoms with Gasteiger partial charge in [0.05, 0.1) is 5.54 Å². The number of hydroxylamine groups is 1. The SMILES string of the molecule is CC(C)(C)N=C1NOC(=O)C1(C)C. The van der Waals surface area contributed by atoms with E-state index in [1.54, 1.807) is 13.8 Å². The van der Waals surface area contributed by atoms with Crippen LogP contribution in [0.25, 0.3) is 0 Å². The van der Waals surface area contributed by atoms with Crippen molar-refractivity contribution in [2.75, 3.05) is 0 Å². The lowest BCUT2D eigenvalue weighted by Gasteiger charge is -2.17. The van der Waals surface area contributed by atoms with E-state index in [2.05, 4.69) is 10.5 Å². The van der Waals surface area contributed by atoms with Gasteiger partial charge in [-0.2, -0.15) is 0 Å². The number of hydrogen-bond acceptors (Lipinski definition) is 3. The van der Waals surface area contributed by atoms with E-state index in [0.717, 1.165) is 0 Å². The third-order valence-electron chi connectivity index (χ3n) is 1.79. The Morgan fingerprint density at radius 3 is 2.23 bits per heavy atom. The summed E-state index contributed by atoms with van der Waals surface area (Å²) in [6.07, 6.45) is 0. The molecule has 0 atom stereocenters. The molecule has 0 radical (unpaired) electrons. The summed E-state index contributed by atoms with van der Waals surface area (Å²) >= 11 is 0.